The van der Waals surface area contributed by atoms with Crippen molar-refractivity contribution in [3.05, 3.63) is 72.3 Å². The highest BCUT2D eigenvalue weighted by molar-refractivity contribution is 6.08. The third-order valence-electron chi connectivity index (χ3n) is 7.33. The highest BCUT2D eigenvalue weighted by atomic mass is 16.6. The Labute approximate surface area is 190 Å². The molecule has 3 fully saturated rings. The lowest BCUT2D eigenvalue weighted by atomic mass is 9.63. The molecule has 1 heterocycles. The Kier molecular flexibility index (Phi) is 4.47. The van der Waals surface area contributed by atoms with Crippen molar-refractivity contribution < 1.29 is 28.7 Å². The zero-order chi connectivity index (χ0) is 22.7. The summed E-state index contributed by atoms with van der Waals surface area (Å²) >= 11 is 0. The molecule has 166 valence electrons. The van der Waals surface area contributed by atoms with Crippen LogP contribution in [0.1, 0.15) is 16.8 Å². The normalized spacial score (nSPS) is 30.6. The van der Waals surface area contributed by atoms with Crippen LogP contribution in [0, 0.1) is 35.5 Å². The van der Waals surface area contributed by atoms with E-state index in [9.17, 15) is 19.2 Å². The van der Waals surface area contributed by atoms with Gasteiger partial charge in [-0.3, -0.25) is 14.5 Å². The summed E-state index contributed by atoms with van der Waals surface area (Å²) in [5.41, 5.74) is 0.0739. The molecular formula is C26H21NO6. The number of imide groups is 1. The van der Waals surface area contributed by atoms with Gasteiger partial charge < -0.3 is 9.47 Å². The number of hydrogen-bond acceptors (Lipinski definition) is 6. The summed E-state index contributed by atoms with van der Waals surface area (Å²) in [5, 5.41) is 0. The lowest BCUT2D eigenvalue weighted by molar-refractivity contribution is -0.148. The van der Waals surface area contributed by atoms with Gasteiger partial charge in [-0.2, -0.15) is 0 Å². The Bertz CT molecular complexity index is 1170. The molecule has 0 N–H and O–H groups in total. The zero-order valence-electron chi connectivity index (χ0n) is 17.6. The van der Waals surface area contributed by atoms with Gasteiger partial charge in [-0.15, -0.1) is 0 Å². The quantitative estimate of drug-likeness (QED) is 0.306. The minimum absolute atomic E-state index is 0.0166. The van der Waals surface area contributed by atoms with Gasteiger partial charge in [-0.25, -0.2) is 9.59 Å². The van der Waals surface area contributed by atoms with E-state index in [1.807, 2.05) is 0 Å². The highest BCUT2D eigenvalue weighted by Crippen LogP contribution is 2.65. The van der Waals surface area contributed by atoms with Crippen molar-refractivity contribution >= 4 is 23.8 Å². The van der Waals surface area contributed by atoms with E-state index in [4.69, 9.17) is 9.47 Å². The Morgan fingerprint density at radius 3 is 2.09 bits per heavy atom. The summed E-state index contributed by atoms with van der Waals surface area (Å²) in [6, 6.07) is 14.8. The lowest BCUT2D eigenvalue weighted by Gasteiger charge is -2.37. The molecule has 6 atom stereocenters. The van der Waals surface area contributed by atoms with Gasteiger partial charge in [0.25, 0.3) is 0 Å². The van der Waals surface area contributed by atoms with E-state index in [-0.39, 0.29) is 46.8 Å². The zero-order valence-corrected chi connectivity index (χ0v) is 17.6. The van der Waals surface area contributed by atoms with Crippen LogP contribution in [0.25, 0.3) is 0 Å². The largest absolute Gasteiger partial charge is 0.424 e. The van der Waals surface area contributed by atoms with Crippen LogP contribution in [-0.4, -0.2) is 35.2 Å². The number of para-hydroxylation sites is 2. The summed E-state index contributed by atoms with van der Waals surface area (Å²) in [6.07, 6.45) is 5.25. The summed E-state index contributed by atoms with van der Waals surface area (Å²) in [5.74, 6) is -1.21. The van der Waals surface area contributed by atoms with Crippen molar-refractivity contribution in [3.8, 4) is 11.5 Å². The average molecular weight is 443 g/mol. The third kappa shape index (κ3) is 3.18. The van der Waals surface area contributed by atoms with Gasteiger partial charge >= 0.3 is 11.9 Å². The number of esters is 2. The fourth-order valence-corrected chi connectivity index (χ4v) is 5.83. The summed E-state index contributed by atoms with van der Waals surface area (Å²) < 4.78 is 10.8. The number of likely N-dealkylation sites (tertiary alicyclic amines) is 1. The van der Waals surface area contributed by atoms with E-state index < -0.39 is 18.5 Å². The number of rotatable bonds is 5. The number of nitrogens with zero attached hydrogens (tertiary/aromatic N) is 1. The van der Waals surface area contributed by atoms with E-state index in [0.29, 0.717) is 17.6 Å². The van der Waals surface area contributed by atoms with Gasteiger partial charge in [-0.05, 0) is 54.4 Å². The summed E-state index contributed by atoms with van der Waals surface area (Å²) in [7, 11) is 0. The van der Waals surface area contributed by atoms with Crippen LogP contribution < -0.4 is 9.47 Å². The first-order valence-electron chi connectivity index (χ1n) is 11.1. The highest BCUT2D eigenvalue weighted by Gasteiger charge is 2.67. The van der Waals surface area contributed by atoms with Crippen molar-refractivity contribution in [2.24, 2.45) is 35.5 Å². The second-order valence-electron chi connectivity index (χ2n) is 9.09. The molecule has 2 aromatic carbocycles. The number of carbonyl (C=O) groups is 4. The maximum absolute atomic E-state index is 13.1. The van der Waals surface area contributed by atoms with Gasteiger partial charge in [0.15, 0.2) is 0 Å². The van der Waals surface area contributed by atoms with E-state index in [1.54, 1.807) is 42.5 Å². The number of hydrogen-bond donors (Lipinski definition) is 0. The Balaban J connectivity index is 1.16. The first-order chi connectivity index (χ1) is 16.0. The first-order valence-corrected chi connectivity index (χ1v) is 11.1. The molecule has 4 aliphatic carbocycles. The number of benzene rings is 2. The van der Waals surface area contributed by atoms with Crippen molar-refractivity contribution in [3.63, 3.8) is 0 Å². The van der Waals surface area contributed by atoms with Gasteiger partial charge in [0.2, 0.25) is 11.8 Å². The SMILES string of the molecule is O=C(CN1C(=O)[C@H]2[C@@H]3C=C[C@H]([C@@H]4C[C@H]34)[C@@H]2C1=O)Oc1ccccc1C(=O)Oc1ccccc1. The van der Waals surface area contributed by atoms with Crippen molar-refractivity contribution in [2.75, 3.05) is 6.54 Å². The number of ether oxygens (including phenoxy) is 2. The molecule has 7 heteroatoms. The minimum atomic E-state index is -0.777. The van der Waals surface area contributed by atoms with Gasteiger partial charge in [0.1, 0.15) is 23.6 Å². The van der Waals surface area contributed by atoms with Crippen LogP contribution in [0.3, 0.4) is 0 Å². The molecule has 7 rings (SSSR count). The van der Waals surface area contributed by atoms with E-state index in [1.165, 1.54) is 12.1 Å². The summed E-state index contributed by atoms with van der Waals surface area (Å²) in [6.45, 7) is -0.471. The molecule has 0 aromatic heterocycles. The van der Waals surface area contributed by atoms with Crippen LogP contribution in [0.4, 0.5) is 0 Å². The third-order valence-corrected chi connectivity index (χ3v) is 7.33. The van der Waals surface area contributed by atoms with Gasteiger partial charge in [-0.1, -0.05) is 42.5 Å². The van der Waals surface area contributed by atoms with E-state index in [2.05, 4.69) is 12.2 Å². The fraction of sp³-hybridized carbons (Fsp3) is 0.308. The van der Waals surface area contributed by atoms with Crippen molar-refractivity contribution in [1.29, 1.82) is 0 Å². The molecule has 5 aliphatic rings. The maximum Gasteiger partial charge on any atom is 0.347 e. The Morgan fingerprint density at radius 2 is 1.42 bits per heavy atom. The predicted octanol–water partition coefficient (Wildman–Crippen LogP) is 2.86. The van der Waals surface area contributed by atoms with Crippen LogP contribution in [-0.2, 0) is 14.4 Å². The minimum Gasteiger partial charge on any atom is -0.424 e. The maximum atomic E-state index is 13.1. The molecule has 0 unspecified atom stereocenters. The van der Waals surface area contributed by atoms with Gasteiger partial charge in [0.05, 0.1) is 11.8 Å². The van der Waals surface area contributed by atoms with Crippen LogP contribution in [0.5, 0.6) is 11.5 Å². The Hall–Kier alpha value is -3.74. The standard InChI is InChI=1S/C26H21NO6/c28-21(33-20-9-5-4-8-17(20)26(31)32-14-6-2-1-3-7-14)13-27-24(29)22-15-10-11-16(19-12-18(15)19)23(22)25(27)30/h1-11,15-16,18-19,22-23H,12-13H2/t15-,16-,18-,19+,22+,23+/m1/s1. The van der Waals surface area contributed by atoms with Crippen LogP contribution in [0.2, 0.25) is 0 Å². The van der Waals surface area contributed by atoms with E-state index >= 15 is 0 Å². The molecule has 2 bridgehead atoms. The molecule has 0 radical (unpaired) electrons. The lowest BCUT2D eigenvalue weighted by Crippen LogP contribution is -2.40. The number of carbonyl (C=O) groups excluding carboxylic acids is 4. The predicted molar refractivity (Wildman–Crippen MR) is 115 cm³/mol. The molecule has 1 aliphatic heterocycles. The second kappa shape index (κ2) is 7.40. The topological polar surface area (TPSA) is 90.0 Å². The number of amides is 2. The molecule has 1 saturated heterocycles. The van der Waals surface area contributed by atoms with Crippen molar-refractivity contribution in [2.45, 2.75) is 6.42 Å². The molecule has 7 nitrogen and oxygen atoms in total. The molecule has 33 heavy (non-hydrogen) atoms. The molecule has 0 spiro atoms. The number of allylic oxidation sites excluding steroid dienone is 2. The van der Waals surface area contributed by atoms with E-state index in [0.717, 1.165) is 11.3 Å². The monoisotopic (exact) mass is 443 g/mol. The molecule has 2 amide bonds. The average Bonchev–Trinajstić information content (AvgIpc) is 3.61. The molecule has 2 aromatic rings. The van der Waals surface area contributed by atoms with Crippen molar-refractivity contribution in [1.82, 2.24) is 4.90 Å². The smallest absolute Gasteiger partial charge is 0.347 e. The Morgan fingerprint density at radius 1 is 0.818 bits per heavy atom. The van der Waals surface area contributed by atoms with Gasteiger partial charge in [0, 0.05) is 0 Å². The second-order valence-corrected chi connectivity index (χ2v) is 9.09. The van der Waals surface area contributed by atoms with Crippen LogP contribution in [0.15, 0.2) is 66.7 Å². The fourth-order valence-electron chi connectivity index (χ4n) is 5.83. The first kappa shape index (κ1) is 19.9. The molecule has 2 saturated carbocycles. The summed E-state index contributed by atoms with van der Waals surface area (Å²) in [4.78, 5) is 52.5. The van der Waals surface area contributed by atoms with Crippen LogP contribution >= 0.6 is 0 Å². The molecular weight excluding hydrogens is 422 g/mol.